The molecule has 1 aliphatic carbocycles. The monoisotopic (exact) mass is 387 g/mol. The van der Waals surface area contributed by atoms with Crippen LogP contribution in [0.4, 0.5) is 5.69 Å². The molecule has 1 fully saturated rings. The van der Waals surface area contributed by atoms with Crippen molar-refractivity contribution in [3.8, 4) is 0 Å². The van der Waals surface area contributed by atoms with E-state index in [9.17, 15) is 13.2 Å². The molecular weight excluding hydrogens is 362 g/mol. The van der Waals surface area contributed by atoms with Crippen molar-refractivity contribution in [1.82, 2.24) is 4.72 Å². The first-order valence-electron chi connectivity index (χ1n) is 8.45. The van der Waals surface area contributed by atoms with Gasteiger partial charge in [-0.3, -0.25) is 4.79 Å². The van der Waals surface area contributed by atoms with E-state index in [0.29, 0.717) is 13.0 Å². The van der Waals surface area contributed by atoms with Crippen LogP contribution in [0, 0.1) is 0 Å². The second kappa shape index (κ2) is 7.23. The molecular formula is C17H26ClN3O3S. The van der Waals surface area contributed by atoms with Crippen LogP contribution in [0.15, 0.2) is 23.1 Å². The van der Waals surface area contributed by atoms with E-state index in [0.717, 1.165) is 36.9 Å². The zero-order chi connectivity index (χ0) is 17.5. The van der Waals surface area contributed by atoms with Crippen LogP contribution < -0.4 is 15.4 Å². The first-order valence-corrected chi connectivity index (χ1v) is 9.93. The number of fused-ring (bicyclic) bond motifs is 1. The van der Waals surface area contributed by atoms with Crippen LogP contribution in [-0.4, -0.2) is 32.5 Å². The highest BCUT2D eigenvalue weighted by Gasteiger charge is 2.37. The summed E-state index contributed by atoms with van der Waals surface area (Å²) in [5.41, 5.74) is 7.03. The number of rotatable bonds is 4. The minimum absolute atomic E-state index is 0. The predicted octanol–water partition coefficient (Wildman–Crippen LogP) is 1.96. The molecule has 25 heavy (non-hydrogen) atoms. The Labute approximate surface area is 155 Å². The number of nitrogens with zero attached hydrogens (tertiary/aromatic N) is 1. The van der Waals surface area contributed by atoms with Gasteiger partial charge >= 0.3 is 0 Å². The maximum absolute atomic E-state index is 12.8. The van der Waals surface area contributed by atoms with E-state index in [4.69, 9.17) is 5.73 Å². The van der Waals surface area contributed by atoms with Gasteiger partial charge in [0.05, 0.1) is 4.90 Å². The Balaban J connectivity index is 0.00000225. The molecule has 3 N–H and O–H groups in total. The van der Waals surface area contributed by atoms with Crippen molar-refractivity contribution in [2.75, 3.05) is 11.4 Å². The number of sulfonamides is 1. The highest BCUT2D eigenvalue weighted by Crippen LogP contribution is 2.35. The maximum atomic E-state index is 12.8. The SMILES string of the molecule is CC(=O)N1c2ccc(S(=O)(=O)NC3(CN)CCCC3)cc2CC1C.Cl. The smallest absolute Gasteiger partial charge is 0.241 e. The third kappa shape index (κ3) is 3.69. The minimum atomic E-state index is -3.62. The summed E-state index contributed by atoms with van der Waals surface area (Å²) in [5, 5.41) is 0. The standard InChI is InChI=1S/C17H25N3O3S.ClH/c1-12-9-14-10-15(5-6-16(14)20(12)13(2)21)24(22,23)19-17(11-18)7-3-4-8-17;/h5-6,10,12,19H,3-4,7-9,11,18H2,1-2H3;1H. The lowest BCUT2D eigenvalue weighted by Gasteiger charge is -2.28. The van der Waals surface area contributed by atoms with Gasteiger partial charge in [0.25, 0.3) is 0 Å². The number of nitrogens with one attached hydrogen (secondary N) is 1. The molecule has 2 aliphatic rings. The number of amides is 1. The van der Waals surface area contributed by atoms with Crippen molar-refractivity contribution in [2.24, 2.45) is 5.73 Å². The number of halogens is 1. The van der Waals surface area contributed by atoms with E-state index < -0.39 is 15.6 Å². The second-order valence-electron chi connectivity index (χ2n) is 7.03. The van der Waals surface area contributed by atoms with Crippen molar-refractivity contribution in [2.45, 2.75) is 62.4 Å². The average molecular weight is 388 g/mol. The summed E-state index contributed by atoms with van der Waals surface area (Å²) >= 11 is 0. The van der Waals surface area contributed by atoms with Crippen LogP contribution in [0.25, 0.3) is 0 Å². The fraction of sp³-hybridized carbons (Fsp3) is 0.588. The number of carbonyl (C=O) groups excluding carboxylic acids is 1. The van der Waals surface area contributed by atoms with Gasteiger partial charge in [0, 0.05) is 30.7 Å². The first kappa shape index (κ1) is 20.2. The summed E-state index contributed by atoms with van der Waals surface area (Å²) in [6.07, 6.45) is 4.22. The maximum Gasteiger partial charge on any atom is 0.241 e. The molecule has 3 rings (SSSR count). The Morgan fingerprint density at radius 2 is 2.00 bits per heavy atom. The van der Waals surface area contributed by atoms with Gasteiger partial charge in [-0.1, -0.05) is 12.8 Å². The molecule has 1 heterocycles. The quantitative estimate of drug-likeness (QED) is 0.825. The predicted molar refractivity (Wildman–Crippen MR) is 101 cm³/mol. The molecule has 0 saturated heterocycles. The normalized spacial score (nSPS) is 21.7. The number of hydrogen-bond acceptors (Lipinski definition) is 4. The molecule has 0 bridgehead atoms. The fourth-order valence-electron chi connectivity index (χ4n) is 4.00. The molecule has 1 aliphatic heterocycles. The van der Waals surface area contributed by atoms with Crippen LogP contribution in [0.3, 0.4) is 0 Å². The Morgan fingerprint density at radius 3 is 2.56 bits per heavy atom. The van der Waals surface area contributed by atoms with E-state index in [1.807, 2.05) is 6.92 Å². The first-order chi connectivity index (χ1) is 11.3. The average Bonchev–Trinajstić information content (AvgIpc) is 3.09. The third-order valence-corrected chi connectivity index (χ3v) is 6.79. The number of benzene rings is 1. The van der Waals surface area contributed by atoms with Crippen molar-refractivity contribution < 1.29 is 13.2 Å². The molecule has 0 spiro atoms. The van der Waals surface area contributed by atoms with E-state index in [-0.39, 0.29) is 29.3 Å². The zero-order valence-electron chi connectivity index (χ0n) is 14.6. The van der Waals surface area contributed by atoms with Crippen LogP contribution in [0.5, 0.6) is 0 Å². The minimum Gasteiger partial charge on any atom is -0.329 e. The van der Waals surface area contributed by atoms with E-state index in [2.05, 4.69) is 4.72 Å². The Hall–Kier alpha value is -1.15. The number of nitrogens with two attached hydrogens (primary N) is 1. The van der Waals surface area contributed by atoms with Gasteiger partial charge in [0.1, 0.15) is 0 Å². The second-order valence-corrected chi connectivity index (χ2v) is 8.71. The lowest BCUT2D eigenvalue weighted by molar-refractivity contribution is -0.116. The fourth-order valence-corrected chi connectivity index (χ4v) is 5.52. The molecule has 1 saturated carbocycles. The molecule has 8 heteroatoms. The molecule has 0 aromatic heterocycles. The molecule has 1 amide bonds. The van der Waals surface area contributed by atoms with Crippen LogP contribution >= 0.6 is 12.4 Å². The van der Waals surface area contributed by atoms with Crippen LogP contribution in [-0.2, 0) is 21.2 Å². The Bertz CT molecular complexity index is 760. The van der Waals surface area contributed by atoms with Crippen LogP contribution in [0.1, 0.15) is 45.1 Å². The molecule has 6 nitrogen and oxygen atoms in total. The summed E-state index contributed by atoms with van der Waals surface area (Å²) in [7, 11) is -3.62. The summed E-state index contributed by atoms with van der Waals surface area (Å²) < 4.78 is 28.4. The molecule has 1 aromatic rings. The summed E-state index contributed by atoms with van der Waals surface area (Å²) in [6, 6.07) is 5.05. The number of anilines is 1. The highest BCUT2D eigenvalue weighted by molar-refractivity contribution is 7.89. The van der Waals surface area contributed by atoms with Gasteiger partial charge in [-0.2, -0.15) is 0 Å². The topological polar surface area (TPSA) is 92.5 Å². The highest BCUT2D eigenvalue weighted by atomic mass is 35.5. The van der Waals surface area contributed by atoms with Gasteiger partial charge in [-0.15, -0.1) is 12.4 Å². The third-order valence-electron chi connectivity index (χ3n) is 5.22. The van der Waals surface area contributed by atoms with E-state index in [1.165, 1.54) is 6.92 Å². The summed E-state index contributed by atoms with van der Waals surface area (Å²) in [4.78, 5) is 13.8. The largest absolute Gasteiger partial charge is 0.329 e. The van der Waals surface area contributed by atoms with Gasteiger partial charge in [-0.25, -0.2) is 13.1 Å². The Morgan fingerprint density at radius 1 is 1.36 bits per heavy atom. The van der Waals surface area contributed by atoms with E-state index in [1.54, 1.807) is 23.1 Å². The van der Waals surface area contributed by atoms with Gasteiger partial charge < -0.3 is 10.6 Å². The van der Waals surface area contributed by atoms with Gasteiger partial charge in [0.15, 0.2) is 0 Å². The zero-order valence-corrected chi connectivity index (χ0v) is 16.3. The number of hydrogen-bond donors (Lipinski definition) is 2. The molecule has 1 unspecified atom stereocenters. The summed E-state index contributed by atoms with van der Waals surface area (Å²) in [6.45, 7) is 3.81. The number of carbonyl (C=O) groups is 1. The molecule has 140 valence electrons. The molecule has 1 aromatic carbocycles. The lowest BCUT2D eigenvalue weighted by Crippen LogP contribution is -2.51. The lowest BCUT2D eigenvalue weighted by atomic mass is 10.0. The van der Waals surface area contributed by atoms with Crippen molar-refractivity contribution in [3.05, 3.63) is 23.8 Å². The molecule has 1 atom stereocenters. The van der Waals surface area contributed by atoms with E-state index >= 15 is 0 Å². The van der Waals surface area contributed by atoms with Crippen molar-refractivity contribution >= 4 is 34.0 Å². The van der Waals surface area contributed by atoms with Gasteiger partial charge in [-0.05, 0) is 49.9 Å². The summed E-state index contributed by atoms with van der Waals surface area (Å²) in [5.74, 6) is -0.0250. The Kier molecular flexibility index (Phi) is 5.83. The van der Waals surface area contributed by atoms with Crippen molar-refractivity contribution in [1.29, 1.82) is 0 Å². The van der Waals surface area contributed by atoms with Gasteiger partial charge in [0.2, 0.25) is 15.9 Å². The van der Waals surface area contributed by atoms with Crippen molar-refractivity contribution in [3.63, 3.8) is 0 Å². The van der Waals surface area contributed by atoms with Crippen LogP contribution in [0.2, 0.25) is 0 Å². The molecule has 0 radical (unpaired) electrons.